The molecule has 1 N–H and O–H groups in total. The normalized spacial score (nSPS) is 23.8. The highest BCUT2D eigenvalue weighted by molar-refractivity contribution is 4.77. The maximum atomic E-state index is 9.69. The summed E-state index contributed by atoms with van der Waals surface area (Å²) >= 11 is 0. The minimum absolute atomic E-state index is 0.512. The Bertz CT molecular complexity index is 193. The smallest absolute Gasteiger partial charge is 0.0603 e. The highest BCUT2D eigenvalue weighted by Gasteiger charge is 2.23. The van der Waals surface area contributed by atoms with Crippen molar-refractivity contribution >= 4 is 0 Å². The third kappa shape index (κ3) is 5.53. The standard InChI is InChI=1S/C13H27NO/c1-12(2)6-5-9-14(10-7-12)11-8-13(3,4)15/h15H,5-11H2,1-4H3. The van der Waals surface area contributed by atoms with Gasteiger partial charge in [0.1, 0.15) is 0 Å². The molecule has 0 radical (unpaired) electrons. The highest BCUT2D eigenvalue weighted by atomic mass is 16.3. The fraction of sp³-hybridized carbons (Fsp3) is 1.00. The molecule has 15 heavy (non-hydrogen) atoms. The molecule has 2 nitrogen and oxygen atoms in total. The van der Waals surface area contributed by atoms with Gasteiger partial charge in [-0.15, -0.1) is 0 Å². The topological polar surface area (TPSA) is 23.5 Å². The first kappa shape index (κ1) is 13.0. The van der Waals surface area contributed by atoms with Crippen LogP contribution in [0.5, 0.6) is 0 Å². The highest BCUT2D eigenvalue weighted by Crippen LogP contribution is 2.29. The predicted octanol–water partition coefficient (Wildman–Crippen LogP) is 2.66. The number of nitrogens with zero attached hydrogens (tertiary/aromatic N) is 1. The van der Waals surface area contributed by atoms with Gasteiger partial charge in [0.2, 0.25) is 0 Å². The quantitative estimate of drug-likeness (QED) is 0.779. The molecule has 0 aromatic carbocycles. The molecule has 2 heteroatoms. The molecular formula is C13H27NO. The fourth-order valence-electron chi connectivity index (χ4n) is 2.13. The van der Waals surface area contributed by atoms with E-state index in [1.165, 1.54) is 32.4 Å². The largest absolute Gasteiger partial charge is 0.390 e. The van der Waals surface area contributed by atoms with E-state index in [2.05, 4.69) is 18.7 Å². The van der Waals surface area contributed by atoms with Crippen molar-refractivity contribution in [2.45, 2.75) is 59.0 Å². The van der Waals surface area contributed by atoms with Crippen molar-refractivity contribution in [1.29, 1.82) is 0 Å². The van der Waals surface area contributed by atoms with Gasteiger partial charge in [-0.25, -0.2) is 0 Å². The first-order valence-electron chi connectivity index (χ1n) is 6.23. The van der Waals surface area contributed by atoms with E-state index in [4.69, 9.17) is 0 Å². The number of rotatable bonds is 3. The summed E-state index contributed by atoms with van der Waals surface area (Å²) in [6, 6.07) is 0. The number of hydrogen-bond acceptors (Lipinski definition) is 2. The number of hydrogen-bond donors (Lipinski definition) is 1. The van der Waals surface area contributed by atoms with Crippen LogP contribution in [-0.2, 0) is 0 Å². The van der Waals surface area contributed by atoms with Crippen LogP contribution in [0.2, 0.25) is 0 Å². The Morgan fingerprint density at radius 1 is 1.20 bits per heavy atom. The van der Waals surface area contributed by atoms with E-state index >= 15 is 0 Å². The summed E-state index contributed by atoms with van der Waals surface area (Å²) in [4.78, 5) is 2.51. The molecule has 0 atom stereocenters. The second-order valence-corrected chi connectivity index (χ2v) is 6.42. The number of aliphatic hydroxyl groups is 1. The van der Waals surface area contributed by atoms with E-state index in [0.29, 0.717) is 5.41 Å². The Morgan fingerprint density at radius 2 is 1.87 bits per heavy atom. The monoisotopic (exact) mass is 213 g/mol. The molecule has 1 heterocycles. The average molecular weight is 213 g/mol. The zero-order valence-corrected chi connectivity index (χ0v) is 10.8. The molecule has 0 aliphatic carbocycles. The molecule has 0 unspecified atom stereocenters. The van der Waals surface area contributed by atoms with Crippen LogP contribution in [0.15, 0.2) is 0 Å². The Labute approximate surface area is 94.7 Å². The Morgan fingerprint density at radius 3 is 2.47 bits per heavy atom. The molecule has 0 bridgehead atoms. The molecule has 1 fully saturated rings. The summed E-state index contributed by atoms with van der Waals surface area (Å²) in [5, 5.41) is 9.69. The molecule has 1 aliphatic heterocycles. The average Bonchev–Trinajstić information content (AvgIpc) is 2.22. The molecule has 0 saturated carbocycles. The third-order valence-electron chi connectivity index (χ3n) is 3.47. The lowest BCUT2D eigenvalue weighted by Gasteiger charge is -2.25. The van der Waals surface area contributed by atoms with E-state index in [1.54, 1.807) is 0 Å². The minimum Gasteiger partial charge on any atom is -0.390 e. The maximum Gasteiger partial charge on any atom is 0.0603 e. The lowest BCUT2D eigenvalue weighted by atomic mass is 9.85. The number of likely N-dealkylation sites (tertiary alicyclic amines) is 1. The van der Waals surface area contributed by atoms with Gasteiger partial charge in [-0.2, -0.15) is 0 Å². The second kappa shape index (κ2) is 4.84. The van der Waals surface area contributed by atoms with Crippen molar-refractivity contribution in [2.75, 3.05) is 19.6 Å². The Balaban J connectivity index is 2.32. The third-order valence-corrected chi connectivity index (χ3v) is 3.47. The molecule has 1 rings (SSSR count). The Kier molecular flexibility index (Phi) is 4.19. The summed E-state index contributed by atoms with van der Waals surface area (Å²) in [5.74, 6) is 0. The van der Waals surface area contributed by atoms with E-state index in [0.717, 1.165) is 13.0 Å². The maximum absolute atomic E-state index is 9.69. The molecule has 0 aromatic rings. The molecule has 90 valence electrons. The van der Waals surface area contributed by atoms with Crippen LogP contribution in [0.4, 0.5) is 0 Å². The van der Waals surface area contributed by atoms with E-state index in [-0.39, 0.29) is 0 Å². The SMILES string of the molecule is CC(C)(O)CCN1CCCC(C)(C)CC1. The second-order valence-electron chi connectivity index (χ2n) is 6.42. The van der Waals surface area contributed by atoms with Crippen LogP contribution >= 0.6 is 0 Å². The van der Waals surface area contributed by atoms with Crippen LogP contribution in [0.25, 0.3) is 0 Å². The van der Waals surface area contributed by atoms with Crippen LogP contribution in [0, 0.1) is 5.41 Å². The van der Waals surface area contributed by atoms with Crippen molar-refractivity contribution < 1.29 is 5.11 Å². The van der Waals surface area contributed by atoms with Gasteiger partial charge < -0.3 is 10.0 Å². The van der Waals surface area contributed by atoms with Gasteiger partial charge in [-0.3, -0.25) is 0 Å². The molecule has 0 amide bonds. The van der Waals surface area contributed by atoms with Crippen LogP contribution in [0.1, 0.15) is 53.4 Å². The van der Waals surface area contributed by atoms with Crippen molar-refractivity contribution in [2.24, 2.45) is 5.41 Å². The summed E-state index contributed by atoms with van der Waals surface area (Å²) in [7, 11) is 0. The van der Waals surface area contributed by atoms with Gasteiger partial charge in [0.15, 0.2) is 0 Å². The lowest BCUT2D eigenvalue weighted by Crippen LogP contribution is -2.32. The van der Waals surface area contributed by atoms with E-state index in [1.807, 2.05) is 13.8 Å². The first-order chi connectivity index (χ1) is 6.79. The molecule has 1 aliphatic rings. The van der Waals surface area contributed by atoms with Gasteiger partial charge in [0.25, 0.3) is 0 Å². The van der Waals surface area contributed by atoms with Gasteiger partial charge in [0, 0.05) is 6.54 Å². The molecule has 0 spiro atoms. The summed E-state index contributed by atoms with van der Waals surface area (Å²) < 4.78 is 0. The van der Waals surface area contributed by atoms with Gasteiger partial charge in [-0.1, -0.05) is 13.8 Å². The first-order valence-corrected chi connectivity index (χ1v) is 6.23. The lowest BCUT2D eigenvalue weighted by molar-refractivity contribution is 0.0577. The fourth-order valence-corrected chi connectivity index (χ4v) is 2.13. The summed E-state index contributed by atoms with van der Waals surface area (Å²) in [6.45, 7) is 12.0. The van der Waals surface area contributed by atoms with Gasteiger partial charge >= 0.3 is 0 Å². The molecule has 1 saturated heterocycles. The predicted molar refractivity (Wildman–Crippen MR) is 65.0 cm³/mol. The van der Waals surface area contributed by atoms with E-state index in [9.17, 15) is 5.11 Å². The van der Waals surface area contributed by atoms with Crippen molar-refractivity contribution in [3.05, 3.63) is 0 Å². The van der Waals surface area contributed by atoms with Crippen molar-refractivity contribution in [3.63, 3.8) is 0 Å². The van der Waals surface area contributed by atoms with Gasteiger partial charge in [0.05, 0.1) is 5.60 Å². The van der Waals surface area contributed by atoms with Crippen LogP contribution in [-0.4, -0.2) is 35.2 Å². The van der Waals surface area contributed by atoms with Crippen molar-refractivity contribution in [1.82, 2.24) is 4.90 Å². The van der Waals surface area contributed by atoms with Crippen LogP contribution in [0.3, 0.4) is 0 Å². The van der Waals surface area contributed by atoms with E-state index < -0.39 is 5.60 Å². The van der Waals surface area contributed by atoms with Crippen LogP contribution < -0.4 is 0 Å². The molecular weight excluding hydrogens is 186 g/mol. The zero-order valence-electron chi connectivity index (χ0n) is 10.8. The minimum atomic E-state index is -0.512. The zero-order chi connectivity index (χ0) is 11.5. The molecule has 0 aromatic heterocycles. The van der Waals surface area contributed by atoms with Gasteiger partial charge in [-0.05, 0) is 58.0 Å². The summed E-state index contributed by atoms with van der Waals surface area (Å²) in [6.07, 6.45) is 4.82. The van der Waals surface area contributed by atoms with Crippen molar-refractivity contribution in [3.8, 4) is 0 Å². The summed E-state index contributed by atoms with van der Waals surface area (Å²) in [5.41, 5.74) is 0.00526. The Hall–Kier alpha value is -0.0800.